The molecule has 0 spiro atoms. The van der Waals surface area contributed by atoms with E-state index in [2.05, 4.69) is 30.1 Å². The summed E-state index contributed by atoms with van der Waals surface area (Å²) in [4.78, 5) is 55.0. The van der Waals surface area contributed by atoms with Crippen molar-refractivity contribution in [2.45, 2.75) is 52.3 Å². The van der Waals surface area contributed by atoms with Crippen LogP contribution in [0, 0.1) is 0 Å². The summed E-state index contributed by atoms with van der Waals surface area (Å²) in [5.74, 6) is -0.249. The molecule has 212 valence electrons. The van der Waals surface area contributed by atoms with Gasteiger partial charge in [-0.3, -0.25) is 19.5 Å². The second-order valence-corrected chi connectivity index (χ2v) is 11.5. The van der Waals surface area contributed by atoms with Crippen LogP contribution in [0.2, 0.25) is 0 Å². The molecule has 2 aliphatic heterocycles. The van der Waals surface area contributed by atoms with Gasteiger partial charge in [0, 0.05) is 57.6 Å². The molecule has 5 rings (SSSR count). The minimum absolute atomic E-state index is 0.0486. The number of fused-ring (bicyclic) bond motifs is 1. The first kappa shape index (κ1) is 27.6. The van der Waals surface area contributed by atoms with Gasteiger partial charge >= 0.3 is 6.09 Å². The molecule has 2 N–H and O–H groups in total. The minimum Gasteiger partial charge on any atom is -0.444 e. The van der Waals surface area contributed by atoms with E-state index in [0.29, 0.717) is 25.2 Å². The Labute approximate surface area is 233 Å². The summed E-state index contributed by atoms with van der Waals surface area (Å²) >= 11 is 0. The van der Waals surface area contributed by atoms with Gasteiger partial charge in [-0.2, -0.15) is 0 Å². The number of hydrogen-bond acceptors (Lipinski definition) is 8. The Morgan fingerprint density at radius 3 is 2.48 bits per heavy atom. The first-order valence-corrected chi connectivity index (χ1v) is 13.8. The van der Waals surface area contributed by atoms with Crippen molar-refractivity contribution in [3.05, 3.63) is 63.8 Å². The van der Waals surface area contributed by atoms with Gasteiger partial charge in [0.15, 0.2) is 0 Å². The largest absolute Gasteiger partial charge is 0.444 e. The number of piperazine rings is 1. The van der Waals surface area contributed by atoms with Crippen LogP contribution < -0.4 is 15.8 Å². The number of aromatic amines is 1. The molecule has 0 atom stereocenters. The van der Waals surface area contributed by atoms with Crippen molar-refractivity contribution >= 4 is 28.7 Å². The van der Waals surface area contributed by atoms with Crippen LogP contribution in [0.15, 0.2) is 41.5 Å². The molecule has 0 aromatic carbocycles. The zero-order valence-electron chi connectivity index (χ0n) is 23.6. The van der Waals surface area contributed by atoms with E-state index < -0.39 is 5.60 Å². The minimum atomic E-state index is -0.542. The number of anilines is 1. The fourth-order valence-corrected chi connectivity index (χ4v) is 4.95. The van der Waals surface area contributed by atoms with Crippen molar-refractivity contribution < 1.29 is 14.3 Å². The molecule has 2 fully saturated rings. The van der Waals surface area contributed by atoms with E-state index in [-0.39, 0.29) is 23.6 Å². The highest BCUT2D eigenvalue weighted by atomic mass is 16.6. The van der Waals surface area contributed by atoms with E-state index in [1.807, 2.05) is 52.1 Å². The monoisotopic (exact) mass is 547 g/mol. The second-order valence-electron chi connectivity index (χ2n) is 11.5. The zero-order valence-corrected chi connectivity index (χ0v) is 23.6. The smallest absolute Gasteiger partial charge is 0.410 e. The maximum Gasteiger partial charge on any atom is 0.410 e. The lowest BCUT2D eigenvalue weighted by molar-refractivity contribution is 0.00531. The van der Waals surface area contributed by atoms with Gasteiger partial charge in [-0.05, 0) is 57.0 Å². The van der Waals surface area contributed by atoms with Crippen LogP contribution >= 0.6 is 0 Å². The summed E-state index contributed by atoms with van der Waals surface area (Å²) in [6, 6.07) is 7.45. The van der Waals surface area contributed by atoms with Gasteiger partial charge in [0.2, 0.25) is 0 Å². The Morgan fingerprint density at radius 1 is 1.07 bits per heavy atom. The van der Waals surface area contributed by atoms with Crippen LogP contribution in [0.1, 0.15) is 49.3 Å². The van der Waals surface area contributed by atoms with Crippen molar-refractivity contribution in [1.82, 2.24) is 30.1 Å². The number of rotatable bonds is 6. The van der Waals surface area contributed by atoms with Gasteiger partial charge in [-0.1, -0.05) is 6.92 Å². The number of aromatic nitrogens is 3. The van der Waals surface area contributed by atoms with Gasteiger partial charge < -0.3 is 24.8 Å². The molecule has 2 amide bonds. The molecule has 3 aromatic rings. The molecule has 0 bridgehead atoms. The molecule has 11 nitrogen and oxygen atoms in total. The van der Waals surface area contributed by atoms with Crippen molar-refractivity contribution in [2.24, 2.45) is 0 Å². The maximum atomic E-state index is 12.6. The number of nitrogens with zero attached hydrogens (tertiary/aromatic N) is 5. The van der Waals surface area contributed by atoms with Crippen molar-refractivity contribution in [1.29, 1.82) is 0 Å². The molecule has 40 heavy (non-hydrogen) atoms. The Morgan fingerprint density at radius 2 is 1.82 bits per heavy atom. The van der Waals surface area contributed by atoms with E-state index in [1.165, 1.54) is 0 Å². The lowest BCUT2D eigenvalue weighted by Crippen LogP contribution is -2.61. The van der Waals surface area contributed by atoms with E-state index in [9.17, 15) is 14.4 Å². The molecule has 2 aliphatic rings. The van der Waals surface area contributed by atoms with Gasteiger partial charge in [0.1, 0.15) is 11.3 Å². The van der Waals surface area contributed by atoms with Crippen LogP contribution in [0.3, 0.4) is 0 Å². The Balaban J connectivity index is 1.09. The normalized spacial score (nSPS) is 16.6. The third-order valence-corrected chi connectivity index (χ3v) is 7.20. The molecular formula is C29H37N7O4. The third kappa shape index (κ3) is 6.41. The molecule has 3 aromatic heterocycles. The number of carbonyl (C=O) groups is 2. The molecule has 0 unspecified atom stereocenters. The Hall–Kier alpha value is -3.99. The van der Waals surface area contributed by atoms with Gasteiger partial charge in [0.25, 0.3) is 11.5 Å². The van der Waals surface area contributed by atoms with Crippen molar-refractivity contribution in [3.63, 3.8) is 0 Å². The van der Waals surface area contributed by atoms with Gasteiger partial charge in [0.05, 0.1) is 29.0 Å². The van der Waals surface area contributed by atoms with Crippen LogP contribution in [0.5, 0.6) is 0 Å². The van der Waals surface area contributed by atoms with Crippen LogP contribution in [0.25, 0.3) is 11.0 Å². The summed E-state index contributed by atoms with van der Waals surface area (Å²) in [5, 5.41) is 2.93. The number of carbonyl (C=O) groups excluding carboxylic acids is 2. The maximum absolute atomic E-state index is 12.6. The molecular weight excluding hydrogens is 510 g/mol. The SMILES string of the molecule is CCc1cc2ncc(CN3CCN(c4ccc(C(=O)NC5CN(C(=O)OC(C)(C)C)C5)nc4)CC3)cc2[nH]c1=O. The Bertz CT molecular complexity index is 1430. The lowest BCUT2D eigenvalue weighted by Gasteiger charge is -2.39. The average molecular weight is 548 g/mol. The summed E-state index contributed by atoms with van der Waals surface area (Å²) in [6.07, 6.45) is 3.95. The standard InChI is InChI=1S/C29H37N7O4/c1-5-20-13-24-25(33-26(20)37)12-19(14-30-24)16-34-8-10-35(11-9-34)22-6-7-23(31-15-22)27(38)32-21-17-36(18-21)28(39)40-29(2,3)4/h6-7,12-15,21H,5,8-11,16-18H2,1-4H3,(H,32,38)(H,33,37). The summed E-state index contributed by atoms with van der Waals surface area (Å²) in [5.41, 5.74) is 4.14. The highest BCUT2D eigenvalue weighted by Gasteiger charge is 2.34. The molecule has 0 aliphatic carbocycles. The molecule has 5 heterocycles. The van der Waals surface area contributed by atoms with Crippen LogP contribution in [-0.4, -0.2) is 87.7 Å². The first-order chi connectivity index (χ1) is 19.1. The predicted molar refractivity (Wildman–Crippen MR) is 153 cm³/mol. The fraction of sp³-hybridized carbons (Fsp3) is 0.483. The van der Waals surface area contributed by atoms with Crippen LogP contribution in [0.4, 0.5) is 10.5 Å². The third-order valence-electron chi connectivity index (χ3n) is 7.20. The Kier molecular flexibility index (Phi) is 7.75. The summed E-state index contributed by atoms with van der Waals surface area (Å²) in [6.45, 7) is 12.5. The molecule has 0 saturated carbocycles. The predicted octanol–water partition coefficient (Wildman–Crippen LogP) is 2.55. The quantitative estimate of drug-likeness (QED) is 0.483. The highest BCUT2D eigenvalue weighted by molar-refractivity contribution is 5.93. The van der Waals surface area contributed by atoms with E-state index >= 15 is 0 Å². The first-order valence-electron chi connectivity index (χ1n) is 13.8. The lowest BCUT2D eigenvalue weighted by atomic mass is 10.1. The number of nitrogens with one attached hydrogen (secondary N) is 2. The molecule has 11 heteroatoms. The van der Waals surface area contributed by atoms with E-state index in [1.54, 1.807) is 17.2 Å². The van der Waals surface area contributed by atoms with Gasteiger partial charge in [-0.25, -0.2) is 9.78 Å². The number of pyridine rings is 3. The number of amides is 2. The number of likely N-dealkylation sites (tertiary alicyclic amines) is 1. The van der Waals surface area contributed by atoms with Crippen molar-refractivity contribution in [2.75, 3.05) is 44.2 Å². The number of ether oxygens (including phenoxy) is 1. The van der Waals surface area contributed by atoms with E-state index in [4.69, 9.17) is 4.74 Å². The zero-order chi connectivity index (χ0) is 28.4. The molecule has 0 radical (unpaired) electrons. The summed E-state index contributed by atoms with van der Waals surface area (Å²) in [7, 11) is 0. The van der Waals surface area contributed by atoms with Crippen LogP contribution in [-0.2, 0) is 17.7 Å². The van der Waals surface area contributed by atoms with Crippen molar-refractivity contribution in [3.8, 4) is 0 Å². The second kappa shape index (κ2) is 11.2. The average Bonchev–Trinajstić information content (AvgIpc) is 2.89. The van der Waals surface area contributed by atoms with Gasteiger partial charge in [-0.15, -0.1) is 0 Å². The number of aryl methyl sites for hydroxylation is 1. The molecule has 2 saturated heterocycles. The number of hydrogen-bond donors (Lipinski definition) is 2. The number of H-pyrrole nitrogens is 1. The topological polar surface area (TPSA) is 124 Å². The highest BCUT2D eigenvalue weighted by Crippen LogP contribution is 2.19. The summed E-state index contributed by atoms with van der Waals surface area (Å²) < 4.78 is 5.35. The van der Waals surface area contributed by atoms with E-state index in [0.717, 1.165) is 60.6 Å². The fourth-order valence-electron chi connectivity index (χ4n) is 4.95.